The van der Waals surface area contributed by atoms with Gasteiger partial charge in [-0.25, -0.2) is 0 Å². The van der Waals surface area contributed by atoms with Crippen LogP contribution in [0.25, 0.3) is 6.08 Å². The number of nitriles is 1. The van der Waals surface area contributed by atoms with E-state index in [1.54, 1.807) is 25.3 Å². The molecule has 0 aromatic heterocycles. The molecule has 2 aromatic carbocycles. The SMILES string of the molecule is COc1cc(/C=C(\C#N)C(N)=S)ccc1OCc1ccccc1. The number of ether oxygens (including phenoxy) is 2. The third-order valence-corrected chi connectivity index (χ3v) is 3.34. The molecule has 0 unspecified atom stereocenters. The van der Waals surface area contributed by atoms with Crippen molar-refractivity contribution in [3.8, 4) is 17.6 Å². The highest BCUT2D eigenvalue weighted by molar-refractivity contribution is 7.80. The number of hydrogen-bond acceptors (Lipinski definition) is 4. The lowest BCUT2D eigenvalue weighted by molar-refractivity contribution is 0.284. The van der Waals surface area contributed by atoms with Crippen LogP contribution >= 0.6 is 12.2 Å². The van der Waals surface area contributed by atoms with E-state index in [9.17, 15) is 0 Å². The van der Waals surface area contributed by atoms with E-state index in [2.05, 4.69) is 0 Å². The van der Waals surface area contributed by atoms with Crippen LogP contribution < -0.4 is 15.2 Å². The smallest absolute Gasteiger partial charge is 0.161 e. The maximum absolute atomic E-state index is 9.01. The molecule has 2 aromatic rings. The molecule has 0 radical (unpaired) electrons. The lowest BCUT2D eigenvalue weighted by Crippen LogP contribution is -2.09. The number of methoxy groups -OCH3 is 1. The highest BCUT2D eigenvalue weighted by atomic mass is 32.1. The van der Waals surface area contributed by atoms with Gasteiger partial charge in [-0.05, 0) is 29.3 Å². The maximum Gasteiger partial charge on any atom is 0.161 e. The number of hydrogen-bond donors (Lipinski definition) is 1. The van der Waals surface area contributed by atoms with Crippen LogP contribution in [0.15, 0.2) is 54.1 Å². The van der Waals surface area contributed by atoms with E-state index in [0.717, 1.165) is 11.1 Å². The molecule has 23 heavy (non-hydrogen) atoms. The predicted octanol–water partition coefficient (Wildman–Crippen LogP) is 3.47. The van der Waals surface area contributed by atoms with Gasteiger partial charge in [0.25, 0.3) is 0 Å². The fourth-order valence-corrected chi connectivity index (χ4v) is 2.06. The average Bonchev–Trinajstić information content (AvgIpc) is 2.58. The van der Waals surface area contributed by atoms with Crippen molar-refractivity contribution in [2.45, 2.75) is 6.61 Å². The van der Waals surface area contributed by atoms with Gasteiger partial charge in [-0.15, -0.1) is 0 Å². The molecule has 2 rings (SSSR count). The van der Waals surface area contributed by atoms with Crippen molar-refractivity contribution in [2.75, 3.05) is 7.11 Å². The van der Waals surface area contributed by atoms with Crippen LogP contribution in [0.3, 0.4) is 0 Å². The van der Waals surface area contributed by atoms with Crippen LogP contribution in [0.5, 0.6) is 11.5 Å². The molecule has 5 heteroatoms. The van der Waals surface area contributed by atoms with Gasteiger partial charge in [0.1, 0.15) is 17.7 Å². The fraction of sp³-hybridized carbons (Fsp3) is 0.111. The van der Waals surface area contributed by atoms with E-state index in [0.29, 0.717) is 18.1 Å². The zero-order chi connectivity index (χ0) is 16.7. The first-order valence-corrected chi connectivity index (χ1v) is 7.31. The summed E-state index contributed by atoms with van der Waals surface area (Å²) in [5.74, 6) is 1.21. The molecule has 0 amide bonds. The summed E-state index contributed by atoms with van der Waals surface area (Å²) < 4.78 is 11.1. The fourth-order valence-electron chi connectivity index (χ4n) is 1.95. The molecule has 0 saturated heterocycles. The topological polar surface area (TPSA) is 68.3 Å². The minimum Gasteiger partial charge on any atom is -0.493 e. The first-order valence-electron chi connectivity index (χ1n) is 6.90. The molecule has 0 bridgehead atoms. The zero-order valence-corrected chi connectivity index (χ0v) is 13.5. The molecule has 0 fully saturated rings. The molecule has 2 N–H and O–H groups in total. The zero-order valence-electron chi connectivity index (χ0n) is 12.7. The first kappa shape index (κ1) is 16.5. The Kier molecular flexibility index (Phi) is 5.73. The highest BCUT2D eigenvalue weighted by Crippen LogP contribution is 2.29. The summed E-state index contributed by atoms with van der Waals surface area (Å²) in [5, 5.41) is 9.01. The Balaban J connectivity index is 2.20. The summed E-state index contributed by atoms with van der Waals surface area (Å²) in [6.07, 6.45) is 1.62. The molecule has 4 nitrogen and oxygen atoms in total. The molecule has 0 spiro atoms. The van der Waals surface area contributed by atoms with Gasteiger partial charge < -0.3 is 15.2 Å². The van der Waals surface area contributed by atoms with Crippen molar-refractivity contribution in [2.24, 2.45) is 5.73 Å². The van der Waals surface area contributed by atoms with Crippen LogP contribution in [-0.4, -0.2) is 12.1 Å². The van der Waals surface area contributed by atoms with Crippen LogP contribution in [0.4, 0.5) is 0 Å². The van der Waals surface area contributed by atoms with Gasteiger partial charge in [0.15, 0.2) is 11.5 Å². The van der Waals surface area contributed by atoms with Crippen molar-refractivity contribution in [1.29, 1.82) is 5.26 Å². The Hall–Kier alpha value is -2.84. The van der Waals surface area contributed by atoms with Gasteiger partial charge in [-0.3, -0.25) is 0 Å². The third kappa shape index (κ3) is 4.56. The van der Waals surface area contributed by atoms with E-state index in [4.69, 9.17) is 32.7 Å². The maximum atomic E-state index is 9.01. The number of rotatable bonds is 6. The number of benzene rings is 2. The van der Waals surface area contributed by atoms with Gasteiger partial charge in [-0.2, -0.15) is 5.26 Å². The van der Waals surface area contributed by atoms with Crippen molar-refractivity contribution in [3.05, 3.63) is 65.2 Å². The van der Waals surface area contributed by atoms with Gasteiger partial charge in [-0.1, -0.05) is 48.6 Å². The van der Waals surface area contributed by atoms with E-state index >= 15 is 0 Å². The van der Waals surface area contributed by atoms with E-state index in [-0.39, 0.29) is 10.6 Å². The Morgan fingerprint density at radius 3 is 2.57 bits per heavy atom. The Labute approximate surface area is 140 Å². The van der Waals surface area contributed by atoms with Gasteiger partial charge >= 0.3 is 0 Å². The van der Waals surface area contributed by atoms with Crippen LogP contribution in [0.2, 0.25) is 0 Å². The minimum absolute atomic E-state index is 0.0656. The molecule has 0 aliphatic heterocycles. The number of nitrogens with zero attached hydrogens (tertiary/aromatic N) is 1. The highest BCUT2D eigenvalue weighted by Gasteiger charge is 2.07. The van der Waals surface area contributed by atoms with E-state index < -0.39 is 0 Å². The average molecular weight is 324 g/mol. The van der Waals surface area contributed by atoms with Gasteiger partial charge in [0, 0.05) is 0 Å². The molecule has 0 saturated carbocycles. The summed E-state index contributed by atoms with van der Waals surface area (Å²) in [5.41, 5.74) is 7.57. The minimum atomic E-state index is 0.0656. The first-order chi connectivity index (χ1) is 11.1. The Bertz CT molecular complexity index is 764. The van der Waals surface area contributed by atoms with Crippen LogP contribution in [0, 0.1) is 11.3 Å². The molecule has 0 atom stereocenters. The molecular weight excluding hydrogens is 308 g/mol. The number of nitrogens with two attached hydrogens (primary N) is 1. The summed E-state index contributed by atoms with van der Waals surface area (Å²) >= 11 is 4.83. The molecule has 0 aliphatic carbocycles. The quantitative estimate of drug-likeness (QED) is 0.500. The lowest BCUT2D eigenvalue weighted by atomic mass is 10.1. The van der Waals surface area contributed by atoms with Gasteiger partial charge in [0.2, 0.25) is 0 Å². The second-order valence-corrected chi connectivity index (χ2v) is 5.16. The number of thiocarbonyl (C=S) groups is 1. The largest absolute Gasteiger partial charge is 0.493 e. The summed E-state index contributed by atoms with van der Waals surface area (Å²) in [6, 6.07) is 17.2. The Morgan fingerprint density at radius 1 is 1.22 bits per heavy atom. The Morgan fingerprint density at radius 2 is 1.96 bits per heavy atom. The van der Waals surface area contributed by atoms with Crippen molar-refractivity contribution < 1.29 is 9.47 Å². The standard InChI is InChI=1S/C18H16N2O2S/c1-21-17-10-14(9-15(11-19)18(20)23)7-8-16(17)22-12-13-5-3-2-4-6-13/h2-10H,12H2,1H3,(H2,20,23)/b15-9+. The summed E-state index contributed by atoms with van der Waals surface area (Å²) in [6.45, 7) is 0.447. The second kappa shape index (κ2) is 7.97. The summed E-state index contributed by atoms with van der Waals surface area (Å²) in [4.78, 5) is 0.0656. The molecular formula is C18H16N2O2S. The molecule has 0 heterocycles. The van der Waals surface area contributed by atoms with Crippen molar-refractivity contribution in [1.82, 2.24) is 0 Å². The third-order valence-electron chi connectivity index (χ3n) is 3.12. The van der Waals surface area contributed by atoms with Crippen LogP contribution in [0.1, 0.15) is 11.1 Å². The van der Waals surface area contributed by atoms with Crippen LogP contribution in [-0.2, 0) is 6.61 Å². The normalized spacial score (nSPS) is 10.7. The van der Waals surface area contributed by atoms with Crippen molar-refractivity contribution in [3.63, 3.8) is 0 Å². The van der Waals surface area contributed by atoms with Gasteiger partial charge in [0.05, 0.1) is 12.7 Å². The molecule has 116 valence electrons. The molecule has 0 aliphatic rings. The lowest BCUT2D eigenvalue weighted by Gasteiger charge is -2.11. The van der Waals surface area contributed by atoms with E-state index in [1.165, 1.54) is 0 Å². The second-order valence-electron chi connectivity index (χ2n) is 4.72. The predicted molar refractivity (Wildman–Crippen MR) is 94.1 cm³/mol. The monoisotopic (exact) mass is 324 g/mol. The van der Waals surface area contributed by atoms with E-state index in [1.807, 2.05) is 42.5 Å². The summed E-state index contributed by atoms with van der Waals surface area (Å²) in [7, 11) is 1.57. The van der Waals surface area contributed by atoms with Crippen molar-refractivity contribution >= 4 is 23.3 Å².